The van der Waals surface area contributed by atoms with Gasteiger partial charge in [-0.2, -0.15) is 0 Å². The van der Waals surface area contributed by atoms with Gasteiger partial charge < -0.3 is 10.1 Å². The van der Waals surface area contributed by atoms with Crippen LogP contribution in [0.4, 0.5) is 5.69 Å². The molecule has 4 aromatic rings. The Kier molecular flexibility index (Phi) is 4.56. The Morgan fingerprint density at radius 1 is 0.592 bits per heavy atom. The number of anilines is 1. The van der Waals surface area contributed by atoms with Crippen LogP contribution in [0.25, 0.3) is 0 Å². The van der Waals surface area contributed by atoms with Crippen molar-refractivity contribution in [3.05, 3.63) is 138 Å². The van der Waals surface area contributed by atoms with Crippen molar-refractivity contribution in [3.8, 4) is 5.75 Å². The third-order valence-electron chi connectivity index (χ3n) is 15.0. The molecule has 4 aromatic carbocycles. The zero-order valence-electron chi connectivity index (χ0n) is 27.9. The zero-order chi connectivity index (χ0) is 32.2. The van der Waals surface area contributed by atoms with Crippen LogP contribution in [0.2, 0.25) is 0 Å². The van der Waals surface area contributed by atoms with E-state index >= 15 is 0 Å². The monoisotopic (exact) mass is 639 g/mol. The van der Waals surface area contributed by atoms with Crippen LogP contribution in [0.5, 0.6) is 5.75 Å². The minimum Gasteiger partial charge on any atom is -0.426 e. The Bertz CT molecular complexity index is 2380. The number of hydrogen-bond acceptors (Lipinski definition) is 3. The third kappa shape index (κ3) is 2.92. The summed E-state index contributed by atoms with van der Waals surface area (Å²) >= 11 is 0. The summed E-state index contributed by atoms with van der Waals surface area (Å²) in [5.74, 6) is 4.26. The molecule has 1 saturated carbocycles. The Balaban J connectivity index is 1.02. The Morgan fingerprint density at radius 2 is 1.10 bits per heavy atom. The number of ether oxygens (including phenoxy) is 1. The first-order valence-corrected chi connectivity index (χ1v) is 18.8. The largest absolute Gasteiger partial charge is 0.426 e. The van der Waals surface area contributed by atoms with E-state index in [1.54, 1.807) is 30.5 Å². The number of nitrogens with one attached hydrogen (secondary N) is 1. The van der Waals surface area contributed by atoms with Crippen LogP contribution in [-0.2, 0) is 9.59 Å². The minimum absolute atomic E-state index is 0.0241. The summed E-state index contributed by atoms with van der Waals surface area (Å²) in [5.41, 5.74) is 22.5. The Hall–Kier alpha value is -4.44. The van der Waals surface area contributed by atoms with Crippen LogP contribution >= 0.6 is 0 Å². The van der Waals surface area contributed by atoms with Gasteiger partial charge in [0.1, 0.15) is 5.75 Å². The van der Waals surface area contributed by atoms with E-state index in [4.69, 9.17) is 4.74 Å². The van der Waals surface area contributed by atoms with Crippen LogP contribution in [0, 0.1) is 5.92 Å². The number of rotatable bonds is 2. The van der Waals surface area contributed by atoms with Crippen molar-refractivity contribution in [2.45, 2.75) is 99.7 Å². The number of allylic oxidation sites excluding steroid dienone is 2. The lowest BCUT2D eigenvalue weighted by Crippen LogP contribution is -2.21. The van der Waals surface area contributed by atoms with Gasteiger partial charge >= 0.3 is 5.97 Å². The third-order valence-corrected chi connectivity index (χ3v) is 15.0. The molecule has 9 aliphatic rings. The number of fused-ring (bicyclic) bond motifs is 32. The minimum atomic E-state index is -0.252. The van der Waals surface area contributed by atoms with Crippen molar-refractivity contribution in [2.75, 3.05) is 5.32 Å². The summed E-state index contributed by atoms with van der Waals surface area (Å²) in [6.45, 7) is 3.21. The van der Waals surface area contributed by atoms with Gasteiger partial charge in [0.15, 0.2) is 0 Å². The van der Waals surface area contributed by atoms with E-state index in [9.17, 15) is 9.59 Å². The molecule has 1 fully saturated rings. The molecule has 8 unspecified atom stereocenters. The van der Waals surface area contributed by atoms with Gasteiger partial charge in [-0.1, -0.05) is 60.2 Å². The van der Waals surface area contributed by atoms with Gasteiger partial charge in [-0.3, -0.25) is 9.59 Å². The van der Waals surface area contributed by atoms with Crippen molar-refractivity contribution in [2.24, 2.45) is 5.92 Å². The lowest BCUT2D eigenvalue weighted by atomic mass is 9.73. The fourth-order valence-corrected chi connectivity index (χ4v) is 13.6. The molecule has 0 radical (unpaired) electrons. The van der Waals surface area contributed by atoms with E-state index in [1.165, 1.54) is 92.4 Å². The summed E-state index contributed by atoms with van der Waals surface area (Å²) in [5, 5.41) is 3.43. The van der Waals surface area contributed by atoms with Crippen LogP contribution in [0.3, 0.4) is 0 Å². The molecule has 240 valence electrons. The number of benzene rings is 4. The first kappa shape index (κ1) is 26.4. The zero-order valence-corrected chi connectivity index (χ0v) is 27.9. The molecule has 4 nitrogen and oxygen atoms in total. The van der Waals surface area contributed by atoms with Gasteiger partial charge in [-0.15, -0.1) is 0 Å². The molecular weight excluding hydrogens is 602 g/mol. The molecule has 0 aromatic heterocycles. The predicted octanol–water partition coefficient (Wildman–Crippen LogP) is 9.43. The molecule has 1 amide bonds. The van der Waals surface area contributed by atoms with E-state index in [1.807, 2.05) is 0 Å². The fourth-order valence-electron chi connectivity index (χ4n) is 13.6. The van der Waals surface area contributed by atoms with Gasteiger partial charge in [0, 0.05) is 72.1 Å². The Morgan fingerprint density at radius 3 is 1.67 bits per heavy atom. The SMILES string of the molecule is CC(=O)Nc1c2c(c(OC(C)=O)c3c1C1CC3c3cc4c(cc31)C1C[C@@H]4C3CCC=C13)C1CC2c2cc3c(cc21)C1CC3c2ccccc21. The van der Waals surface area contributed by atoms with Gasteiger partial charge in [0.25, 0.3) is 0 Å². The van der Waals surface area contributed by atoms with Crippen LogP contribution in [0.1, 0.15) is 178 Å². The number of carbonyl (C=O) groups excluding carboxylic acids is 2. The molecule has 8 bridgehead atoms. The maximum absolute atomic E-state index is 13.1. The van der Waals surface area contributed by atoms with E-state index in [0.29, 0.717) is 23.7 Å². The average molecular weight is 640 g/mol. The van der Waals surface area contributed by atoms with Crippen LogP contribution < -0.4 is 10.1 Å². The lowest BCUT2D eigenvalue weighted by molar-refractivity contribution is -0.132. The molecular formula is C45H37NO3. The maximum atomic E-state index is 13.1. The van der Waals surface area contributed by atoms with Crippen molar-refractivity contribution in [3.63, 3.8) is 0 Å². The van der Waals surface area contributed by atoms with E-state index in [-0.39, 0.29) is 35.5 Å². The highest BCUT2D eigenvalue weighted by atomic mass is 16.5. The molecule has 0 spiro atoms. The quantitative estimate of drug-likeness (QED) is 0.135. The summed E-state index contributed by atoms with van der Waals surface area (Å²) in [6.07, 6.45) is 9.52. The van der Waals surface area contributed by atoms with Crippen molar-refractivity contribution < 1.29 is 14.3 Å². The van der Waals surface area contributed by atoms with E-state index < -0.39 is 0 Å². The predicted molar refractivity (Wildman–Crippen MR) is 187 cm³/mol. The number of hydrogen-bond donors (Lipinski definition) is 1. The number of carbonyl (C=O) groups is 2. The first-order valence-electron chi connectivity index (χ1n) is 18.8. The number of amides is 1. The van der Waals surface area contributed by atoms with Gasteiger partial charge in [0.05, 0.1) is 0 Å². The maximum Gasteiger partial charge on any atom is 0.308 e. The van der Waals surface area contributed by atoms with Gasteiger partial charge in [-0.05, 0) is 117 Å². The molecule has 49 heavy (non-hydrogen) atoms. The van der Waals surface area contributed by atoms with Gasteiger partial charge in [0.2, 0.25) is 5.91 Å². The van der Waals surface area contributed by atoms with Crippen LogP contribution in [-0.4, -0.2) is 11.9 Å². The van der Waals surface area contributed by atoms with Crippen molar-refractivity contribution in [1.29, 1.82) is 0 Å². The molecule has 4 heteroatoms. The van der Waals surface area contributed by atoms with Crippen molar-refractivity contribution in [1.82, 2.24) is 0 Å². The highest BCUT2D eigenvalue weighted by Gasteiger charge is 2.56. The highest BCUT2D eigenvalue weighted by Crippen LogP contribution is 2.71. The van der Waals surface area contributed by atoms with Gasteiger partial charge in [-0.25, -0.2) is 0 Å². The summed E-state index contributed by atoms with van der Waals surface area (Å²) in [7, 11) is 0. The second-order valence-corrected chi connectivity index (χ2v) is 16.8. The fraction of sp³-hybridized carbons (Fsp3) is 0.378. The highest BCUT2D eigenvalue weighted by molar-refractivity contribution is 5.95. The van der Waals surface area contributed by atoms with Crippen LogP contribution in [0.15, 0.2) is 60.2 Å². The summed E-state index contributed by atoms with van der Waals surface area (Å²) < 4.78 is 6.42. The molecule has 13 rings (SSSR count). The van der Waals surface area contributed by atoms with E-state index in [2.05, 4.69) is 59.9 Å². The smallest absolute Gasteiger partial charge is 0.308 e. The first-order chi connectivity index (χ1) is 23.9. The molecule has 0 saturated heterocycles. The lowest BCUT2D eigenvalue weighted by Gasteiger charge is -2.33. The second kappa shape index (κ2) is 8.46. The van der Waals surface area contributed by atoms with E-state index in [0.717, 1.165) is 30.2 Å². The second-order valence-electron chi connectivity index (χ2n) is 16.8. The normalized spacial score (nSPS) is 32.3. The average Bonchev–Trinajstić information content (AvgIpc) is 3.95. The molecule has 0 aliphatic heterocycles. The standard InChI is InChI=1S/C45H37NO3/c1-18(47)46-44-40-36-16-38(34-14-30-25-10-24(28(30)12-32(34)36)20-6-3-4-7-21(20)25)42(40)45(49-19(2)48)43-39-17-37(41(43)44)33-13-29-26-11-27(31(29)15-35(33)39)23-9-5-8-22(23)26/h3-4,6-8,12-15,23-27,36-39H,5,9-11,16-17H2,1-2H3,(H,46,47)/t23?,24?,25?,26?,27-,36?,37?,38?,39?/m1/s1. The Labute approximate surface area is 286 Å². The number of esters is 1. The molecule has 0 heterocycles. The molecule has 1 N–H and O–H groups in total. The van der Waals surface area contributed by atoms with Crippen molar-refractivity contribution >= 4 is 17.6 Å². The topological polar surface area (TPSA) is 55.4 Å². The summed E-state index contributed by atoms with van der Waals surface area (Å²) in [4.78, 5) is 26.1. The summed E-state index contributed by atoms with van der Waals surface area (Å²) in [6, 6.07) is 19.3. The molecule has 9 aliphatic carbocycles. The molecule has 9 atom stereocenters.